The number of nitrogens with zero attached hydrogens (tertiary/aromatic N) is 1. The third-order valence-electron chi connectivity index (χ3n) is 3.46. The number of rotatable bonds is 2. The zero-order valence-electron chi connectivity index (χ0n) is 11.9. The molecule has 0 aliphatic carbocycles. The van der Waals surface area contributed by atoms with Crippen molar-refractivity contribution in [2.75, 3.05) is 10.6 Å². The van der Waals surface area contributed by atoms with Crippen LogP contribution >= 0.6 is 0 Å². The van der Waals surface area contributed by atoms with Crippen molar-refractivity contribution in [3.8, 4) is 11.1 Å². The zero-order chi connectivity index (χ0) is 15.0. The summed E-state index contributed by atoms with van der Waals surface area (Å²) >= 11 is 0. The number of hydrogen-bond donors (Lipinski definition) is 2. The molecular formula is C16H15N3O2. The summed E-state index contributed by atoms with van der Waals surface area (Å²) in [4.78, 5) is 26.7. The molecule has 5 nitrogen and oxygen atoms in total. The van der Waals surface area contributed by atoms with Crippen LogP contribution in [0.25, 0.3) is 11.1 Å². The van der Waals surface area contributed by atoms with Gasteiger partial charge in [-0.05, 0) is 41.8 Å². The summed E-state index contributed by atoms with van der Waals surface area (Å²) < 4.78 is 0. The summed E-state index contributed by atoms with van der Waals surface area (Å²) in [5.41, 5.74) is 4.91. The van der Waals surface area contributed by atoms with Crippen LogP contribution in [0.2, 0.25) is 0 Å². The Labute approximate surface area is 122 Å². The largest absolute Gasteiger partial charge is 0.326 e. The molecule has 0 fully saturated rings. The molecule has 1 aliphatic heterocycles. The second kappa shape index (κ2) is 5.01. The van der Waals surface area contributed by atoms with Gasteiger partial charge in [0.25, 0.3) is 0 Å². The van der Waals surface area contributed by atoms with Crippen LogP contribution in [0.3, 0.4) is 0 Å². The molecule has 0 saturated heterocycles. The van der Waals surface area contributed by atoms with Gasteiger partial charge in [-0.1, -0.05) is 6.07 Å². The fourth-order valence-corrected chi connectivity index (χ4v) is 2.50. The molecule has 0 atom stereocenters. The van der Waals surface area contributed by atoms with Crippen molar-refractivity contribution in [1.29, 1.82) is 0 Å². The van der Waals surface area contributed by atoms with Gasteiger partial charge in [0.05, 0.1) is 6.42 Å². The Bertz CT molecular complexity index is 753. The smallest absolute Gasteiger partial charge is 0.228 e. The van der Waals surface area contributed by atoms with Gasteiger partial charge in [-0.25, -0.2) is 4.98 Å². The monoisotopic (exact) mass is 281 g/mol. The van der Waals surface area contributed by atoms with Crippen LogP contribution in [0.5, 0.6) is 0 Å². The van der Waals surface area contributed by atoms with E-state index in [9.17, 15) is 9.59 Å². The van der Waals surface area contributed by atoms with Crippen molar-refractivity contribution in [1.82, 2.24) is 4.98 Å². The standard InChI is InChI=1S/C16H15N3O2/c1-9-5-15(18-10(2)20)17-8-13(9)11-3-4-14-12(6-11)7-16(21)19-14/h3-6,8H,7H2,1-2H3,(H,19,21)(H,17,18,20). The predicted molar refractivity (Wildman–Crippen MR) is 81.0 cm³/mol. The van der Waals surface area contributed by atoms with Crippen LogP contribution in [-0.2, 0) is 16.0 Å². The molecule has 3 rings (SSSR count). The van der Waals surface area contributed by atoms with Crippen molar-refractivity contribution in [2.45, 2.75) is 20.3 Å². The highest BCUT2D eigenvalue weighted by molar-refractivity contribution is 5.99. The Balaban J connectivity index is 1.96. The van der Waals surface area contributed by atoms with Crippen molar-refractivity contribution >= 4 is 23.3 Å². The van der Waals surface area contributed by atoms with Gasteiger partial charge < -0.3 is 10.6 Å². The van der Waals surface area contributed by atoms with Crippen LogP contribution in [0.15, 0.2) is 30.5 Å². The Kier molecular flexibility index (Phi) is 3.17. The average molecular weight is 281 g/mol. The Morgan fingerprint density at radius 3 is 2.86 bits per heavy atom. The van der Waals surface area contributed by atoms with Crippen molar-refractivity contribution in [3.05, 3.63) is 41.6 Å². The number of fused-ring (bicyclic) bond motifs is 1. The van der Waals surface area contributed by atoms with E-state index in [1.807, 2.05) is 31.2 Å². The highest BCUT2D eigenvalue weighted by Gasteiger charge is 2.18. The molecule has 0 spiro atoms. The van der Waals surface area contributed by atoms with E-state index in [4.69, 9.17) is 0 Å². The van der Waals surface area contributed by atoms with E-state index in [-0.39, 0.29) is 11.8 Å². The first-order chi connectivity index (χ1) is 10.0. The molecule has 2 amide bonds. The molecule has 106 valence electrons. The molecule has 21 heavy (non-hydrogen) atoms. The molecular weight excluding hydrogens is 266 g/mol. The van der Waals surface area contributed by atoms with E-state index in [0.29, 0.717) is 12.2 Å². The summed E-state index contributed by atoms with van der Waals surface area (Å²) in [6.07, 6.45) is 2.16. The molecule has 0 radical (unpaired) electrons. The van der Waals surface area contributed by atoms with E-state index >= 15 is 0 Å². The number of pyridine rings is 1. The quantitative estimate of drug-likeness (QED) is 0.888. The Hall–Kier alpha value is -2.69. The predicted octanol–water partition coefficient (Wildman–Crippen LogP) is 2.51. The van der Waals surface area contributed by atoms with Gasteiger partial charge in [0, 0.05) is 24.4 Å². The minimum atomic E-state index is -0.142. The van der Waals surface area contributed by atoms with Gasteiger partial charge in [0.15, 0.2) is 0 Å². The van der Waals surface area contributed by atoms with Crippen molar-refractivity contribution in [2.24, 2.45) is 0 Å². The van der Waals surface area contributed by atoms with Gasteiger partial charge in [0.2, 0.25) is 11.8 Å². The van der Waals surface area contributed by atoms with Crippen LogP contribution in [-0.4, -0.2) is 16.8 Å². The number of nitrogens with one attached hydrogen (secondary N) is 2. The third kappa shape index (κ3) is 2.63. The molecule has 5 heteroatoms. The summed E-state index contributed by atoms with van der Waals surface area (Å²) in [7, 11) is 0. The van der Waals surface area contributed by atoms with Crippen LogP contribution < -0.4 is 10.6 Å². The van der Waals surface area contributed by atoms with Gasteiger partial charge in [-0.3, -0.25) is 9.59 Å². The maximum Gasteiger partial charge on any atom is 0.228 e. The second-order valence-corrected chi connectivity index (χ2v) is 5.16. The Morgan fingerprint density at radius 2 is 2.14 bits per heavy atom. The highest BCUT2D eigenvalue weighted by Crippen LogP contribution is 2.30. The molecule has 0 bridgehead atoms. The maximum absolute atomic E-state index is 11.4. The first-order valence-corrected chi connectivity index (χ1v) is 6.70. The van der Waals surface area contributed by atoms with Gasteiger partial charge in [-0.2, -0.15) is 0 Å². The summed E-state index contributed by atoms with van der Waals surface area (Å²) in [6, 6.07) is 7.73. The number of aromatic nitrogens is 1. The number of benzene rings is 1. The summed E-state index contributed by atoms with van der Waals surface area (Å²) in [5.74, 6) is 0.427. The van der Waals surface area contributed by atoms with Crippen LogP contribution in [0, 0.1) is 6.92 Å². The van der Waals surface area contributed by atoms with Gasteiger partial charge in [0.1, 0.15) is 5.82 Å². The SMILES string of the molecule is CC(=O)Nc1cc(C)c(-c2ccc3c(c2)CC(=O)N3)cn1. The minimum absolute atomic E-state index is 0.0259. The molecule has 1 aromatic heterocycles. The molecule has 2 aromatic rings. The second-order valence-electron chi connectivity index (χ2n) is 5.16. The van der Waals surface area contributed by atoms with Crippen molar-refractivity contribution in [3.63, 3.8) is 0 Å². The lowest BCUT2D eigenvalue weighted by molar-refractivity contribution is -0.115. The minimum Gasteiger partial charge on any atom is -0.326 e. The van der Waals surface area contributed by atoms with Crippen LogP contribution in [0.4, 0.5) is 11.5 Å². The topological polar surface area (TPSA) is 71.1 Å². The number of anilines is 2. The number of aryl methyl sites for hydroxylation is 1. The number of carbonyl (C=O) groups excluding carboxylic acids is 2. The molecule has 2 N–H and O–H groups in total. The summed E-state index contributed by atoms with van der Waals surface area (Å²) in [6.45, 7) is 3.42. The number of hydrogen-bond acceptors (Lipinski definition) is 3. The van der Waals surface area contributed by atoms with E-state index < -0.39 is 0 Å². The van der Waals surface area contributed by atoms with E-state index in [0.717, 1.165) is 27.9 Å². The average Bonchev–Trinajstić information content (AvgIpc) is 2.77. The lowest BCUT2D eigenvalue weighted by Crippen LogP contribution is -2.07. The molecule has 0 unspecified atom stereocenters. The van der Waals surface area contributed by atoms with Gasteiger partial charge >= 0.3 is 0 Å². The molecule has 0 saturated carbocycles. The van der Waals surface area contributed by atoms with E-state index in [1.165, 1.54) is 6.92 Å². The fraction of sp³-hybridized carbons (Fsp3) is 0.188. The normalized spacial score (nSPS) is 12.8. The highest BCUT2D eigenvalue weighted by atomic mass is 16.2. The third-order valence-corrected chi connectivity index (χ3v) is 3.46. The molecule has 2 heterocycles. The molecule has 1 aromatic carbocycles. The Morgan fingerprint density at radius 1 is 1.33 bits per heavy atom. The van der Waals surface area contributed by atoms with E-state index in [1.54, 1.807) is 6.20 Å². The number of amides is 2. The fourth-order valence-electron chi connectivity index (χ4n) is 2.50. The van der Waals surface area contributed by atoms with Gasteiger partial charge in [-0.15, -0.1) is 0 Å². The number of carbonyl (C=O) groups is 2. The summed E-state index contributed by atoms with van der Waals surface area (Å²) in [5, 5.41) is 5.49. The zero-order valence-corrected chi connectivity index (χ0v) is 11.9. The van der Waals surface area contributed by atoms with Crippen LogP contribution in [0.1, 0.15) is 18.1 Å². The lowest BCUT2D eigenvalue weighted by Gasteiger charge is -2.09. The first-order valence-electron chi connectivity index (χ1n) is 6.70. The first kappa shape index (κ1) is 13.3. The van der Waals surface area contributed by atoms with E-state index in [2.05, 4.69) is 15.6 Å². The maximum atomic E-state index is 11.4. The lowest BCUT2D eigenvalue weighted by atomic mass is 9.99. The van der Waals surface area contributed by atoms with Crippen molar-refractivity contribution < 1.29 is 9.59 Å². The molecule has 1 aliphatic rings.